The lowest BCUT2D eigenvalue weighted by atomic mass is 10.1. The normalized spacial score (nSPS) is 12.6. The molecule has 0 bridgehead atoms. The van der Waals surface area contributed by atoms with E-state index in [1.807, 2.05) is 0 Å². The van der Waals surface area contributed by atoms with Crippen molar-refractivity contribution >= 4 is 5.78 Å². The van der Waals surface area contributed by atoms with Gasteiger partial charge in [-0.3, -0.25) is 4.79 Å². The van der Waals surface area contributed by atoms with Crippen LogP contribution in [0.25, 0.3) is 0 Å². The largest absolute Gasteiger partial charge is 0.412 e. The molecule has 0 saturated carbocycles. The third kappa shape index (κ3) is 3.69. The van der Waals surface area contributed by atoms with Crippen molar-refractivity contribution in [3.8, 4) is 0 Å². The molecule has 1 aromatic carbocycles. The Morgan fingerprint density at radius 2 is 1.76 bits per heavy atom. The molecule has 0 N–H and O–H groups in total. The summed E-state index contributed by atoms with van der Waals surface area (Å²) in [5.41, 5.74) is -0.867. The average Bonchev–Trinajstić information content (AvgIpc) is 2.24. The maximum atomic E-state index is 12.6. The molecule has 0 aliphatic rings. The third-order valence-corrected chi connectivity index (χ3v) is 2.18. The predicted octanol–water partition coefficient (Wildman–Crippen LogP) is 3.91. The Kier molecular flexibility index (Phi) is 4.04. The fourth-order valence-electron chi connectivity index (χ4n) is 1.24. The summed E-state index contributed by atoms with van der Waals surface area (Å²) in [5.74, 6) is -1.32. The zero-order valence-corrected chi connectivity index (χ0v) is 9.01. The van der Waals surface area contributed by atoms with Gasteiger partial charge < -0.3 is 0 Å². The van der Waals surface area contributed by atoms with Crippen LogP contribution in [-0.4, -0.2) is 12.0 Å². The lowest BCUT2D eigenvalue weighted by Crippen LogP contribution is -2.13. The Morgan fingerprint density at radius 3 is 2.18 bits per heavy atom. The number of hydrogen-bond acceptors (Lipinski definition) is 1. The SMILES string of the molecule is CC/C(=C\C(=O)c1ccc(F)cc1)C(F)(F)F. The molecule has 0 heterocycles. The Labute approximate surface area is 95.8 Å². The summed E-state index contributed by atoms with van der Waals surface area (Å²) in [6.07, 6.45) is -4.24. The highest BCUT2D eigenvalue weighted by atomic mass is 19.4. The second-order valence-electron chi connectivity index (χ2n) is 3.39. The van der Waals surface area contributed by atoms with Gasteiger partial charge in [-0.05, 0) is 36.8 Å². The monoisotopic (exact) mass is 246 g/mol. The molecule has 0 unspecified atom stereocenters. The molecule has 0 aliphatic heterocycles. The van der Waals surface area contributed by atoms with Crippen LogP contribution in [0, 0.1) is 5.82 Å². The molecule has 1 aromatic rings. The van der Waals surface area contributed by atoms with Crippen LogP contribution in [0.15, 0.2) is 35.9 Å². The molecule has 0 fully saturated rings. The summed E-state index contributed by atoms with van der Waals surface area (Å²) in [6, 6.07) is 4.36. The van der Waals surface area contributed by atoms with Crippen molar-refractivity contribution in [1.82, 2.24) is 0 Å². The number of benzene rings is 1. The van der Waals surface area contributed by atoms with E-state index in [9.17, 15) is 22.4 Å². The molecule has 1 rings (SSSR count). The highest BCUT2D eigenvalue weighted by Crippen LogP contribution is 2.28. The number of carbonyl (C=O) groups is 1. The predicted molar refractivity (Wildman–Crippen MR) is 55.2 cm³/mol. The number of rotatable bonds is 3. The molecular weight excluding hydrogens is 236 g/mol. The highest BCUT2D eigenvalue weighted by molar-refractivity contribution is 6.04. The fourth-order valence-corrected chi connectivity index (χ4v) is 1.24. The van der Waals surface area contributed by atoms with E-state index in [2.05, 4.69) is 0 Å². The number of alkyl halides is 3. The molecular formula is C12H10F4O. The summed E-state index contributed by atoms with van der Waals surface area (Å²) in [7, 11) is 0. The van der Waals surface area contributed by atoms with Crippen molar-refractivity contribution in [2.24, 2.45) is 0 Å². The number of allylic oxidation sites excluding steroid dienone is 2. The maximum absolute atomic E-state index is 12.6. The Bertz CT molecular complexity index is 429. The molecule has 0 aliphatic carbocycles. The summed E-state index contributed by atoms with van der Waals surface area (Å²) < 4.78 is 49.7. The average molecular weight is 246 g/mol. The molecule has 0 spiro atoms. The van der Waals surface area contributed by atoms with Crippen molar-refractivity contribution in [1.29, 1.82) is 0 Å². The zero-order chi connectivity index (χ0) is 13.1. The van der Waals surface area contributed by atoms with Crippen molar-refractivity contribution in [3.63, 3.8) is 0 Å². The van der Waals surface area contributed by atoms with Gasteiger partial charge in [0.2, 0.25) is 0 Å². The minimum absolute atomic E-state index is 0.0293. The molecule has 0 aromatic heterocycles. The smallest absolute Gasteiger partial charge is 0.289 e. The molecule has 92 valence electrons. The van der Waals surface area contributed by atoms with Crippen molar-refractivity contribution in [2.45, 2.75) is 19.5 Å². The van der Waals surface area contributed by atoms with Gasteiger partial charge in [-0.2, -0.15) is 13.2 Å². The third-order valence-electron chi connectivity index (χ3n) is 2.18. The first kappa shape index (κ1) is 13.4. The maximum Gasteiger partial charge on any atom is 0.412 e. The fraction of sp³-hybridized carbons (Fsp3) is 0.250. The van der Waals surface area contributed by atoms with E-state index in [1.165, 1.54) is 6.92 Å². The molecule has 0 amide bonds. The van der Waals surface area contributed by atoms with Gasteiger partial charge in [0.15, 0.2) is 5.78 Å². The Morgan fingerprint density at radius 1 is 1.24 bits per heavy atom. The minimum atomic E-state index is -4.51. The Balaban J connectivity index is 2.98. The van der Waals surface area contributed by atoms with Crippen molar-refractivity contribution in [3.05, 3.63) is 47.3 Å². The van der Waals surface area contributed by atoms with E-state index in [1.54, 1.807) is 0 Å². The molecule has 5 heteroatoms. The zero-order valence-electron chi connectivity index (χ0n) is 9.01. The van der Waals surface area contributed by atoms with Crippen LogP contribution in [0.2, 0.25) is 0 Å². The first-order valence-corrected chi connectivity index (χ1v) is 4.92. The van der Waals surface area contributed by atoms with Gasteiger partial charge in [0, 0.05) is 11.1 Å². The standard InChI is InChI=1S/C12H10F4O/c1-2-9(12(14,15)16)7-11(17)8-3-5-10(13)6-4-8/h3-7H,2H2,1H3/b9-7+. The van der Waals surface area contributed by atoms with Gasteiger partial charge in [-0.25, -0.2) is 4.39 Å². The van der Waals surface area contributed by atoms with Crippen LogP contribution in [0.3, 0.4) is 0 Å². The van der Waals surface area contributed by atoms with Gasteiger partial charge in [-0.1, -0.05) is 6.92 Å². The second-order valence-corrected chi connectivity index (χ2v) is 3.39. The van der Waals surface area contributed by atoms with E-state index in [0.717, 1.165) is 24.3 Å². The van der Waals surface area contributed by atoms with E-state index in [4.69, 9.17) is 0 Å². The molecule has 0 atom stereocenters. The Hall–Kier alpha value is -1.65. The molecule has 1 nitrogen and oxygen atoms in total. The summed E-state index contributed by atoms with van der Waals surface area (Å²) >= 11 is 0. The first-order chi connectivity index (χ1) is 7.84. The van der Waals surface area contributed by atoms with Gasteiger partial charge in [0.25, 0.3) is 0 Å². The van der Waals surface area contributed by atoms with Crippen molar-refractivity contribution < 1.29 is 22.4 Å². The van der Waals surface area contributed by atoms with Crippen molar-refractivity contribution in [2.75, 3.05) is 0 Å². The molecule has 17 heavy (non-hydrogen) atoms. The van der Waals surface area contributed by atoms with Crippen LogP contribution in [0.4, 0.5) is 17.6 Å². The number of hydrogen-bond donors (Lipinski definition) is 0. The van der Waals surface area contributed by atoms with Crippen LogP contribution in [0.5, 0.6) is 0 Å². The van der Waals surface area contributed by atoms with E-state index in [-0.39, 0.29) is 12.0 Å². The minimum Gasteiger partial charge on any atom is -0.289 e. The topological polar surface area (TPSA) is 17.1 Å². The summed E-state index contributed by atoms with van der Waals surface area (Å²) in [6.45, 7) is 1.32. The summed E-state index contributed by atoms with van der Waals surface area (Å²) in [4.78, 5) is 11.5. The summed E-state index contributed by atoms with van der Waals surface area (Å²) in [5, 5.41) is 0. The van der Waals surface area contributed by atoms with Crippen LogP contribution < -0.4 is 0 Å². The highest BCUT2D eigenvalue weighted by Gasteiger charge is 2.32. The first-order valence-electron chi connectivity index (χ1n) is 4.92. The number of ketones is 1. The van der Waals surface area contributed by atoms with Crippen LogP contribution in [0.1, 0.15) is 23.7 Å². The van der Waals surface area contributed by atoms with Gasteiger partial charge in [-0.15, -0.1) is 0 Å². The molecule has 0 saturated heterocycles. The quantitative estimate of drug-likeness (QED) is 0.449. The number of carbonyl (C=O) groups excluding carboxylic acids is 1. The van der Waals surface area contributed by atoms with Gasteiger partial charge in [0.05, 0.1) is 0 Å². The van der Waals surface area contributed by atoms with E-state index in [0.29, 0.717) is 6.08 Å². The second kappa shape index (κ2) is 5.12. The lowest BCUT2D eigenvalue weighted by Gasteiger charge is -2.08. The van der Waals surface area contributed by atoms with Crippen LogP contribution in [-0.2, 0) is 0 Å². The van der Waals surface area contributed by atoms with Crippen LogP contribution >= 0.6 is 0 Å². The van der Waals surface area contributed by atoms with Gasteiger partial charge >= 0.3 is 6.18 Å². The van der Waals surface area contributed by atoms with E-state index >= 15 is 0 Å². The number of halogens is 4. The van der Waals surface area contributed by atoms with Gasteiger partial charge in [0.1, 0.15) is 5.82 Å². The lowest BCUT2D eigenvalue weighted by molar-refractivity contribution is -0.0936. The van der Waals surface area contributed by atoms with E-state index < -0.39 is 23.3 Å². The molecule has 0 radical (unpaired) electrons.